The molecular formula is C24H33N3O2. The molecule has 2 amide bonds. The van der Waals surface area contributed by atoms with E-state index in [1.54, 1.807) is 0 Å². The molecule has 5 heteroatoms. The molecule has 1 atom stereocenters. The van der Waals surface area contributed by atoms with Crippen LogP contribution in [0.4, 0.5) is 0 Å². The lowest BCUT2D eigenvalue weighted by Crippen LogP contribution is -2.65. The second-order valence-corrected chi connectivity index (χ2v) is 9.40. The molecule has 1 aromatic heterocycles. The number of amides is 2. The van der Waals surface area contributed by atoms with Crippen molar-refractivity contribution in [3.8, 4) is 0 Å². The highest BCUT2D eigenvalue weighted by Gasteiger charge is 2.47. The Morgan fingerprint density at radius 1 is 1.21 bits per heavy atom. The first-order chi connectivity index (χ1) is 13.9. The van der Waals surface area contributed by atoms with Gasteiger partial charge < -0.3 is 14.8 Å². The van der Waals surface area contributed by atoms with Crippen LogP contribution in [-0.4, -0.2) is 39.4 Å². The Labute approximate surface area is 173 Å². The molecule has 1 aliphatic carbocycles. The van der Waals surface area contributed by atoms with E-state index in [0.717, 1.165) is 30.2 Å². The molecule has 1 saturated carbocycles. The third-order valence-corrected chi connectivity index (χ3v) is 6.70. The third-order valence-electron chi connectivity index (χ3n) is 6.70. The lowest BCUT2D eigenvalue weighted by Gasteiger charge is -2.45. The van der Waals surface area contributed by atoms with Crippen molar-refractivity contribution in [1.29, 1.82) is 0 Å². The molecule has 0 radical (unpaired) electrons. The van der Waals surface area contributed by atoms with Crippen LogP contribution in [0.3, 0.4) is 0 Å². The second kappa shape index (κ2) is 7.85. The number of carbonyl (C=O) groups is 2. The fourth-order valence-corrected chi connectivity index (χ4v) is 4.83. The molecule has 0 unspecified atom stereocenters. The van der Waals surface area contributed by atoms with Gasteiger partial charge in [0, 0.05) is 23.5 Å². The molecule has 1 fully saturated rings. The van der Waals surface area contributed by atoms with Gasteiger partial charge in [-0.1, -0.05) is 51.3 Å². The van der Waals surface area contributed by atoms with Crippen molar-refractivity contribution in [2.45, 2.75) is 77.4 Å². The van der Waals surface area contributed by atoms with Gasteiger partial charge in [0.2, 0.25) is 5.91 Å². The first kappa shape index (κ1) is 20.0. The summed E-state index contributed by atoms with van der Waals surface area (Å²) in [4.78, 5) is 28.9. The molecule has 1 aliphatic heterocycles. The lowest BCUT2D eigenvalue weighted by atomic mass is 9.91. The van der Waals surface area contributed by atoms with Gasteiger partial charge >= 0.3 is 0 Å². The van der Waals surface area contributed by atoms with Gasteiger partial charge in [0.15, 0.2) is 0 Å². The van der Waals surface area contributed by atoms with E-state index in [1.165, 1.54) is 19.3 Å². The predicted molar refractivity (Wildman–Crippen MR) is 116 cm³/mol. The molecule has 156 valence electrons. The predicted octanol–water partition coefficient (Wildman–Crippen LogP) is 4.35. The number of rotatable bonds is 5. The van der Waals surface area contributed by atoms with E-state index in [4.69, 9.17) is 0 Å². The number of nitrogens with one attached hydrogen (secondary N) is 1. The Kier molecular flexibility index (Phi) is 5.41. The van der Waals surface area contributed by atoms with Gasteiger partial charge in [-0.15, -0.1) is 0 Å². The van der Waals surface area contributed by atoms with Crippen molar-refractivity contribution in [2.24, 2.45) is 5.92 Å². The monoisotopic (exact) mass is 395 g/mol. The molecule has 2 heterocycles. The van der Waals surface area contributed by atoms with Crippen LogP contribution in [-0.2, 0) is 11.3 Å². The second-order valence-electron chi connectivity index (χ2n) is 9.40. The summed E-state index contributed by atoms with van der Waals surface area (Å²) < 4.78 is 2.05. The average molecular weight is 396 g/mol. The van der Waals surface area contributed by atoms with Crippen molar-refractivity contribution in [2.75, 3.05) is 6.54 Å². The molecule has 0 bridgehead atoms. The number of hydrogen-bond acceptors (Lipinski definition) is 2. The highest BCUT2D eigenvalue weighted by Crippen LogP contribution is 2.33. The summed E-state index contributed by atoms with van der Waals surface area (Å²) >= 11 is 0. The van der Waals surface area contributed by atoms with E-state index < -0.39 is 5.54 Å². The zero-order valence-electron chi connectivity index (χ0n) is 17.9. The molecule has 2 aromatic rings. The van der Waals surface area contributed by atoms with Gasteiger partial charge in [0.1, 0.15) is 11.2 Å². The van der Waals surface area contributed by atoms with Crippen LogP contribution in [0.2, 0.25) is 0 Å². The zero-order chi connectivity index (χ0) is 20.6. The van der Waals surface area contributed by atoms with E-state index in [9.17, 15) is 9.59 Å². The van der Waals surface area contributed by atoms with Crippen LogP contribution >= 0.6 is 0 Å². The Balaban J connectivity index is 1.70. The molecular weight excluding hydrogens is 362 g/mol. The fraction of sp³-hybridized carbons (Fsp3) is 0.583. The van der Waals surface area contributed by atoms with Crippen LogP contribution in [0.15, 0.2) is 30.3 Å². The van der Waals surface area contributed by atoms with Crippen molar-refractivity contribution in [1.82, 2.24) is 14.8 Å². The molecule has 29 heavy (non-hydrogen) atoms. The minimum atomic E-state index is -0.877. The van der Waals surface area contributed by atoms with Crippen molar-refractivity contribution < 1.29 is 9.59 Å². The van der Waals surface area contributed by atoms with E-state index in [2.05, 4.69) is 19.2 Å². The van der Waals surface area contributed by atoms with Gasteiger partial charge in [-0.3, -0.25) is 9.59 Å². The van der Waals surface area contributed by atoms with Gasteiger partial charge in [-0.25, -0.2) is 0 Å². The maximum Gasteiger partial charge on any atom is 0.271 e. The summed E-state index contributed by atoms with van der Waals surface area (Å²) in [7, 11) is 0. The molecule has 1 N–H and O–H groups in total. The minimum absolute atomic E-state index is 0.00932. The topological polar surface area (TPSA) is 54.3 Å². The van der Waals surface area contributed by atoms with Gasteiger partial charge in [0.25, 0.3) is 5.91 Å². The van der Waals surface area contributed by atoms with Gasteiger partial charge in [-0.2, -0.15) is 0 Å². The Morgan fingerprint density at radius 3 is 2.66 bits per heavy atom. The smallest absolute Gasteiger partial charge is 0.271 e. The lowest BCUT2D eigenvalue weighted by molar-refractivity contribution is -0.133. The first-order valence-corrected chi connectivity index (χ1v) is 11.1. The Hall–Kier alpha value is -2.30. The number of aromatic nitrogens is 1. The number of para-hydroxylation sites is 1. The first-order valence-electron chi connectivity index (χ1n) is 11.1. The largest absolute Gasteiger partial charge is 0.351 e. The van der Waals surface area contributed by atoms with E-state index >= 15 is 0 Å². The number of hydrogen-bond donors (Lipinski definition) is 1. The van der Waals surface area contributed by atoms with Crippen LogP contribution in [0, 0.1) is 5.92 Å². The summed E-state index contributed by atoms with van der Waals surface area (Å²) in [6, 6.07) is 10.3. The Morgan fingerprint density at radius 2 is 1.93 bits per heavy atom. The van der Waals surface area contributed by atoms with E-state index in [0.29, 0.717) is 24.7 Å². The van der Waals surface area contributed by atoms with Crippen LogP contribution in [0.5, 0.6) is 0 Å². The van der Waals surface area contributed by atoms with Crippen molar-refractivity contribution >= 4 is 22.7 Å². The van der Waals surface area contributed by atoms with Crippen LogP contribution in [0.25, 0.3) is 10.9 Å². The molecule has 4 rings (SSSR count). The fourth-order valence-electron chi connectivity index (χ4n) is 4.83. The summed E-state index contributed by atoms with van der Waals surface area (Å²) in [6.07, 6.45) is 6.56. The summed E-state index contributed by atoms with van der Waals surface area (Å²) in [5.74, 6) is 0.431. The molecule has 5 nitrogen and oxygen atoms in total. The van der Waals surface area contributed by atoms with E-state index in [-0.39, 0.29) is 17.9 Å². The molecule has 0 saturated heterocycles. The maximum absolute atomic E-state index is 13.5. The molecule has 0 spiro atoms. The average Bonchev–Trinajstić information content (AvgIpc) is 3.07. The van der Waals surface area contributed by atoms with Crippen LogP contribution in [0.1, 0.15) is 69.8 Å². The van der Waals surface area contributed by atoms with E-state index in [1.807, 2.05) is 46.7 Å². The maximum atomic E-state index is 13.5. The van der Waals surface area contributed by atoms with Crippen molar-refractivity contribution in [3.63, 3.8) is 0 Å². The summed E-state index contributed by atoms with van der Waals surface area (Å²) in [5.41, 5.74) is 0.840. The van der Waals surface area contributed by atoms with Crippen LogP contribution < -0.4 is 5.32 Å². The Bertz CT molecular complexity index is 910. The summed E-state index contributed by atoms with van der Waals surface area (Å²) in [6.45, 7) is 7.36. The number of carbonyl (C=O) groups excluding carboxylic acids is 2. The number of fused-ring (bicyclic) bond motifs is 3. The highest BCUT2D eigenvalue weighted by atomic mass is 16.2. The standard InChI is InChI=1S/C24H33N3O2/c1-17(2)13-14-27-22(28)21-15-18-9-7-8-12-20(18)26(21)16-24(27,3)23(29)25-19-10-5-4-6-11-19/h7-9,12,15,17,19H,4-6,10-11,13-14,16H2,1-3H3,(H,25,29)/t24-/m1/s1. The van der Waals surface area contributed by atoms with Gasteiger partial charge in [-0.05, 0) is 44.2 Å². The molecule has 1 aromatic carbocycles. The van der Waals surface area contributed by atoms with Gasteiger partial charge in [0.05, 0.1) is 6.54 Å². The molecule has 2 aliphatic rings. The zero-order valence-corrected chi connectivity index (χ0v) is 17.9. The number of nitrogens with zero attached hydrogens (tertiary/aromatic N) is 2. The SMILES string of the molecule is CC(C)CCN1C(=O)c2cc3ccccc3n2C[C@]1(C)C(=O)NC1CCCCC1. The normalized spacial score (nSPS) is 22.9. The quantitative estimate of drug-likeness (QED) is 0.818. The summed E-state index contributed by atoms with van der Waals surface area (Å²) in [5, 5.41) is 4.34. The highest BCUT2D eigenvalue weighted by molar-refractivity contribution is 6.03. The minimum Gasteiger partial charge on any atom is -0.351 e. The van der Waals surface area contributed by atoms with Crippen molar-refractivity contribution in [3.05, 3.63) is 36.0 Å². The third kappa shape index (κ3) is 3.67. The number of benzene rings is 1.